The van der Waals surface area contributed by atoms with Gasteiger partial charge in [0.1, 0.15) is 106 Å². The monoisotopic (exact) mass is 2140 g/mol. The number of nitrogens with zero attached hydrogens (tertiary/aromatic N) is 7. The van der Waals surface area contributed by atoms with Crippen LogP contribution in [0.15, 0.2) is 15.2 Å². The van der Waals surface area contributed by atoms with E-state index in [4.69, 9.17) is 160 Å². The molecule has 6 aliphatic heterocycles. The second-order valence-corrected chi connectivity index (χ2v) is 32.2. The van der Waals surface area contributed by atoms with Crippen LogP contribution in [0.2, 0.25) is 0 Å². The van der Waals surface area contributed by atoms with Gasteiger partial charge in [-0.05, 0) is 11.1 Å². The average molecular weight is 2140 g/mol. The number of rotatable bonds is 56. The molecule has 0 aromatic rings. The van der Waals surface area contributed by atoms with Crippen molar-refractivity contribution < 1.29 is 230 Å². The Morgan fingerprint density at radius 3 is 0.973 bits per heavy atom. The molecule has 6 rings (SSSR count). The zero-order valence-electron chi connectivity index (χ0n) is 86.4. The number of nitrogens with one attached hydrogen (secondary N) is 4. The lowest BCUT2D eigenvalue weighted by Crippen LogP contribution is -2.66. The molecule has 0 saturated carbocycles. The third kappa shape index (κ3) is 59.0. The van der Waals surface area contributed by atoms with Gasteiger partial charge in [0.05, 0.1) is 151 Å². The second kappa shape index (κ2) is 78.5. The molecule has 60 nitrogen and oxygen atoms in total. The van der Waals surface area contributed by atoms with Crippen LogP contribution in [0.4, 0.5) is 0 Å². The summed E-state index contributed by atoms with van der Waals surface area (Å²) in [5.74, 6) is -8.18. The van der Waals surface area contributed by atoms with Crippen LogP contribution < -0.4 is 27.0 Å². The zero-order valence-corrected chi connectivity index (χ0v) is 86.4. The standard InChI is InChI=1S/C22H36N4O12.C22H38N2O12.C15H23NO8.C13H19NO6.C8H17N3O4.C8H15NO6/c1-14(27)25-19-21(37-17(4)30)20(36-16(3)29)18(13-35-15(2)28)38-22(19)34-12-11-33-10-9-32-8-7-31-6-5-24-26-23;1-14(25)24-19-21(35-17(4)28)20(34-16(3)27)18(13-33-15(2)26)36-22(19)32-12-11-31-10-9-30-8-7-29-6-5-23;1-7-13(16-8(2)17)15(23-11(5)20)24-12(6-21-9(3)18)14(7)22-10(4)19;1-6-11-13(18-7(2)14-11)20-10(5-17-8(3)15)12(6)19-9(4)16;9-11-10-1-3-13-5-7-15-8-6-14-4-2-12;1-3(11)9-5-7(13)6(12)4(2-10)15-8(5)14/h18-22H,5-13H2,1-4H3,(H,25,27);18-22H,5-13,23H2,1-4H3,(H,24,25);7,12-15H,6H2,1-5H3,(H,16,17);6,10-13H,5H2,1-4H3;12H,1-8H2;4-8,10,12-14H,2H2,1H3,(H,9,11). The molecule has 60 heteroatoms. The van der Waals surface area contributed by atoms with E-state index < -0.39 is 231 Å². The molecule has 25 unspecified atom stereocenters. The van der Waals surface area contributed by atoms with E-state index >= 15 is 0 Å². The first-order chi connectivity index (χ1) is 70.2. The summed E-state index contributed by atoms with van der Waals surface area (Å²) >= 11 is 0. The van der Waals surface area contributed by atoms with E-state index in [0.717, 1.165) is 20.8 Å². The van der Waals surface area contributed by atoms with Crippen molar-refractivity contribution in [3.05, 3.63) is 20.9 Å². The number of carbonyl (C=O) groups excluding carboxylic acids is 15. The molecule has 0 aromatic carbocycles. The summed E-state index contributed by atoms with van der Waals surface area (Å²) in [7, 11) is 0. The van der Waals surface area contributed by atoms with E-state index in [1.54, 1.807) is 13.8 Å². The molecule has 148 heavy (non-hydrogen) atoms. The van der Waals surface area contributed by atoms with Crippen molar-refractivity contribution in [2.75, 3.05) is 191 Å². The fourth-order valence-corrected chi connectivity index (χ4v) is 13.9. The number of azide groups is 2. The minimum Gasteiger partial charge on any atom is -0.463 e. The molecule has 0 spiro atoms. The summed E-state index contributed by atoms with van der Waals surface area (Å²) in [5, 5.41) is 62.3. The molecule has 4 amide bonds. The summed E-state index contributed by atoms with van der Waals surface area (Å²) in [5.41, 5.74) is 21.4. The smallest absolute Gasteiger partial charge is 0.305 e. The summed E-state index contributed by atoms with van der Waals surface area (Å²) in [6, 6.07) is -4.10. The zero-order chi connectivity index (χ0) is 111. The number of aliphatic hydroxyl groups excluding tert-OH is 5. The number of hydrogen-bond acceptors (Lipinski definition) is 52. The Kier molecular flexibility index (Phi) is 71.7. The molecule has 848 valence electrons. The van der Waals surface area contributed by atoms with Crippen LogP contribution in [-0.4, -0.2) is 453 Å². The van der Waals surface area contributed by atoms with Gasteiger partial charge in [-0.25, -0.2) is 4.99 Å². The van der Waals surface area contributed by atoms with Gasteiger partial charge in [-0.1, -0.05) is 24.1 Å². The molecule has 0 radical (unpaired) electrons. The van der Waals surface area contributed by atoms with Crippen molar-refractivity contribution in [3.8, 4) is 0 Å². The summed E-state index contributed by atoms with van der Waals surface area (Å²) in [6.07, 6.45) is -18.6. The third-order valence-corrected chi connectivity index (χ3v) is 19.8. The van der Waals surface area contributed by atoms with Crippen LogP contribution in [0.1, 0.15) is 125 Å². The third-order valence-electron chi connectivity index (χ3n) is 19.8. The lowest BCUT2D eigenvalue weighted by Gasteiger charge is -2.44. The highest BCUT2D eigenvalue weighted by molar-refractivity contribution is 5.77. The molecule has 5 fully saturated rings. The minimum absolute atomic E-state index is 0.0171. The van der Waals surface area contributed by atoms with Gasteiger partial charge < -0.3 is 185 Å². The first-order valence-corrected chi connectivity index (χ1v) is 46.9. The molecule has 11 N–H and O–H groups in total. The molecule has 0 aromatic heterocycles. The van der Waals surface area contributed by atoms with E-state index in [0.29, 0.717) is 118 Å². The number of nitrogens with two attached hydrogens (primary N) is 1. The van der Waals surface area contributed by atoms with Gasteiger partial charge in [0.15, 0.2) is 49.2 Å². The first-order valence-electron chi connectivity index (χ1n) is 46.9. The maximum absolute atomic E-state index is 11.9. The van der Waals surface area contributed by atoms with E-state index in [9.17, 15) is 87.2 Å². The molecule has 0 bridgehead atoms. The molecule has 6 aliphatic rings. The fraction of sp³-hybridized carbons (Fsp3) is 0.818. The Balaban J connectivity index is 0.000000919. The normalized spacial score (nSPS) is 26.3. The largest absolute Gasteiger partial charge is 0.463 e. The van der Waals surface area contributed by atoms with Crippen molar-refractivity contribution in [3.63, 3.8) is 0 Å². The molecule has 5 saturated heterocycles. The lowest BCUT2D eigenvalue weighted by atomic mass is 9.88. The Morgan fingerprint density at radius 2 is 0.642 bits per heavy atom. The van der Waals surface area contributed by atoms with Gasteiger partial charge in [0.2, 0.25) is 36.2 Å². The summed E-state index contributed by atoms with van der Waals surface area (Å²) in [4.78, 5) is 181. The maximum atomic E-state index is 11.9. The van der Waals surface area contributed by atoms with E-state index in [1.807, 2.05) is 6.92 Å². The van der Waals surface area contributed by atoms with Gasteiger partial charge >= 0.3 is 65.7 Å². The van der Waals surface area contributed by atoms with Crippen LogP contribution in [-0.2, 0) is 205 Å². The number of amides is 4. The van der Waals surface area contributed by atoms with Crippen molar-refractivity contribution in [2.45, 2.75) is 266 Å². The van der Waals surface area contributed by atoms with Crippen LogP contribution in [0.3, 0.4) is 0 Å². The molecule has 25 atom stereocenters. The number of carbonyl (C=O) groups is 15. The van der Waals surface area contributed by atoms with Crippen LogP contribution in [0.25, 0.3) is 20.9 Å². The number of aliphatic hydroxyl groups is 5. The molecular formula is C88H148N12O48. The van der Waals surface area contributed by atoms with Crippen LogP contribution >= 0.6 is 0 Å². The van der Waals surface area contributed by atoms with E-state index in [1.165, 1.54) is 83.1 Å². The van der Waals surface area contributed by atoms with Crippen LogP contribution in [0, 0.1) is 11.8 Å². The highest BCUT2D eigenvalue weighted by atomic mass is 16.8. The second-order valence-electron chi connectivity index (χ2n) is 32.2. The Bertz CT molecular complexity index is 4080. The predicted molar refractivity (Wildman–Crippen MR) is 496 cm³/mol. The maximum Gasteiger partial charge on any atom is 0.305 e. The lowest BCUT2D eigenvalue weighted by molar-refractivity contribution is -0.279. The Labute approximate surface area is 854 Å². The number of ether oxygens (including phenoxy) is 28. The van der Waals surface area contributed by atoms with E-state index in [-0.39, 0.29) is 90.5 Å². The number of esters is 11. The minimum atomic E-state index is -1.45. The number of hydrogen-bond donors (Lipinski definition) is 10. The first kappa shape index (κ1) is 135. The summed E-state index contributed by atoms with van der Waals surface area (Å²) in [6.45, 7) is 30.2. The number of fused-ring (bicyclic) bond motifs is 1. The topological polar surface area (TPSA) is 800 Å². The molecular weight excluding hydrogens is 1990 g/mol. The SMILES string of the molecule is CC(=O)NC1C(O)OC(CO)C(O)C1O.CC(=O)NC1C(OC(C)=O)OC(COC(C)=O)C(OC(C)=O)C1C.CC(=O)NC1C(OCCOCCOCCOCCN)OC(COC(C)=O)C(OC(C)=O)C1OC(C)=O.CC(=O)NC1C(OCCOCCOCCOCCN=[N+]=[N-])OC(COC(C)=O)C(OC(C)=O)C1OC(C)=O.CC(=O)OCC1OC2OC(C)=NC2C(C)C1OC(C)=O.[N-]=[N+]=NCCOCCOCCOCCO. The van der Waals surface area contributed by atoms with Crippen LogP contribution in [0.5, 0.6) is 0 Å². The quantitative estimate of drug-likeness (QED) is 0.00706. The van der Waals surface area contributed by atoms with Crippen molar-refractivity contribution in [1.82, 2.24) is 21.3 Å². The predicted octanol–water partition coefficient (Wildman–Crippen LogP) is -3.48. The van der Waals surface area contributed by atoms with Crippen molar-refractivity contribution >= 4 is 95.2 Å². The van der Waals surface area contributed by atoms with Gasteiger partial charge in [0, 0.05) is 152 Å². The van der Waals surface area contributed by atoms with Gasteiger partial charge in [-0.2, -0.15) is 0 Å². The van der Waals surface area contributed by atoms with Crippen molar-refractivity contribution in [1.29, 1.82) is 0 Å². The van der Waals surface area contributed by atoms with Crippen molar-refractivity contribution in [2.24, 2.45) is 32.8 Å². The number of aliphatic imine (C=N–C) groups is 1. The highest BCUT2D eigenvalue weighted by Gasteiger charge is 2.55. The summed E-state index contributed by atoms with van der Waals surface area (Å²) < 4.78 is 149. The molecule has 0 aliphatic carbocycles. The Hall–Kier alpha value is -10.7. The molecule has 6 heterocycles. The highest BCUT2D eigenvalue weighted by Crippen LogP contribution is 2.36. The Morgan fingerprint density at radius 1 is 0.345 bits per heavy atom. The van der Waals surface area contributed by atoms with Gasteiger partial charge in [-0.15, -0.1) is 0 Å². The van der Waals surface area contributed by atoms with E-state index in [2.05, 4.69) is 46.3 Å². The average Bonchev–Trinajstić information content (AvgIpc) is 1.55. The van der Waals surface area contributed by atoms with Gasteiger partial charge in [0.25, 0.3) is 0 Å². The van der Waals surface area contributed by atoms with Gasteiger partial charge in [-0.3, -0.25) is 71.9 Å². The fourth-order valence-electron chi connectivity index (χ4n) is 13.9.